The lowest BCUT2D eigenvalue weighted by Gasteiger charge is -2.27. The standard InChI is InChI=1S/C27H29N5O3S/c1-17-15-30-27(33)22-3-2-4-25(26(17)22)36(34,35)32-9-7-21-23(12-19(14-28)13-24(21)32)29-8-10-31-16-18-5-6-20(31)11-18/h2-4,12-13,15,18,20,29H,5-11,16H2,1H3,(H,30,33)/t18-,20+/m1/s1. The molecule has 2 atom stereocenters. The Morgan fingerprint density at radius 1 is 1.25 bits per heavy atom. The van der Waals surface area contributed by atoms with Gasteiger partial charge in [0.25, 0.3) is 15.6 Å². The molecule has 1 aliphatic carbocycles. The smallest absolute Gasteiger partial charge is 0.264 e. The Hall–Kier alpha value is -3.35. The zero-order valence-corrected chi connectivity index (χ0v) is 21.1. The minimum Gasteiger partial charge on any atom is -0.383 e. The number of benzene rings is 2. The van der Waals surface area contributed by atoms with Crippen LogP contribution in [0.25, 0.3) is 10.8 Å². The van der Waals surface area contributed by atoms with Gasteiger partial charge in [-0.1, -0.05) is 6.07 Å². The Balaban J connectivity index is 1.33. The summed E-state index contributed by atoms with van der Waals surface area (Å²) in [6.07, 6.45) is 6.05. The SMILES string of the molecule is Cc1c[nH]c(=O)c2cccc(S(=O)(=O)N3CCc4c(NCCN5C[C@@H]6CC[C@H]5C6)cc(C#N)cc43)c12. The van der Waals surface area contributed by atoms with E-state index in [9.17, 15) is 18.5 Å². The summed E-state index contributed by atoms with van der Waals surface area (Å²) in [5.74, 6) is 0.841. The summed E-state index contributed by atoms with van der Waals surface area (Å²) in [5.41, 5.74) is 3.07. The molecule has 3 heterocycles. The number of aryl methyl sites for hydroxylation is 1. The van der Waals surface area contributed by atoms with Gasteiger partial charge in [0.1, 0.15) is 0 Å². The molecular weight excluding hydrogens is 474 g/mol. The Morgan fingerprint density at radius 3 is 2.86 bits per heavy atom. The van der Waals surface area contributed by atoms with Crippen LogP contribution in [-0.2, 0) is 16.4 Å². The molecule has 186 valence electrons. The first-order valence-electron chi connectivity index (χ1n) is 12.6. The lowest BCUT2D eigenvalue weighted by Crippen LogP contribution is -2.35. The minimum atomic E-state index is -3.96. The summed E-state index contributed by atoms with van der Waals surface area (Å²) in [4.78, 5) is 17.7. The van der Waals surface area contributed by atoms with Gasteiger partial charge >= 0.3 is 0 Å². The molecule has 2 bridgehead atoms. The Morgan fingerprint density at radius 2 is 2.11 bits per heavy atom. The highest BCUT2D eigenvalue weighted by Gasteiger charge is 2.37. The molecule has 0 radical (unpaired) electrons. The van der Waals surface area contributed by atoms with Crippen molar-refractivity contribution in [1.82, 2.24) is 9.88 Å². The molecule has 2 aromatic carbocycles. The third-order valence-corrected chi connectivity index (χ3v) is 9.93. The lowest BCUT2D eigenvalue weighted by molar-refractivity contribution is 0.221. The maximum Gasteiger partial charge on any atom is 0.264 e. The number of hydrogen-bond acceptors (Lipinski definition) is 6. The van der Waals surface area contributed by atoms with Gasteiger partial charge in [0.05, 0.1) is 22.2 Å². The number of anilines is 2. The van der Waals surface area contributed by atoms with Crippen LogP contribution in [0.15, 0.2) is 46.2 Å². The van der Waals surface area contributed by atoms with Crippen molar-refractivity contribution in [2.75, 3.05) is 35.8 Å². The number of sulfonamides is 1. The predicted molar refractivity (Wildman–Crippen MR) is 140 cm³/mol. The van der Waals surface area contributed by atoms with Crippen LogP contribution in [0.2, 0.25) is 0 Å². The van der Waals surface area contributed by atoms with E-state index in [4.69, 9.17) is 0 Å². The summed E-state index contributed by atoms with van der Waals surface area (Å²) < 4.78 is 29.3. The Labute approximate surface area is 210 Å². The van der Waals surface area contributed by atoms with Crippen molar-refractivity contribution in [3.8, 4) is 6.07 Å². The summed E-state index contributed by atoms with van der Waals surface area (Å²) in [6, 6.07) is 11.2. The highest BCUT2D eigenvalue weighted by molar-refractivity contribution is 7.93. The van der Waals surface area contributed by atoms with Crippen molar-refractivity contribution >= 4 is 32.2 Å². The molecule has 0 spiro atoms. The quantitative estimate of drug-likeness (QED) is 0.534. The van der Waals surface area contributed by atoms with Gasteiger partial charge in [-0.2, -0.15) is 5.26 Å². The zero-order valence-electron chi connectivity index (χ0n) is 20.3. The molecule has 2 N–H and O–H groups in total. The van der Waals surface area contributed by atoms with Crippen molar-refractivity contribution in [1.29, 1.82) is 5.26 Å². The number of nitrogens with one attached hydrogen (secondary N) is 2. The van der Waals surface area contributed by atoms with Gasteiger partial charge in [-0.3, -0.25) is 14.0 Å². The molecule has 0 amide bonds. The molecule has 6 rings (SSSR count). The number of hydrogen-bond donors (Lipinski definition) is 2. The molecule has 1 saturated heterocycles. The van der Waals surface area contributed by atoms with Gasteiger partial charge in [0, 0.05) is 60.4 Å². The average Bonchev–Trinajstić information content (AvgIpc) is 3.62. The monoisotopic (exact) mass is 503 g/mol. The van der Waals surface area contributed by atoms with E-state index in [1.165, 1.54) is 30.1 Å². The fourth-order valence-corrected chi connectivity index (χ4v) is 8.14. The highest BCUT2D eigenvalue weighted by atomic mass is 32.2. The van der Waals surface area contributed by atoms with Crippen LogP contribution >= 0.6 is 0 Å². The van der Waals surface area contributed by atoms with Gasteiger partial charge in [-0.25, -0.2) is 8.42 Å². The molecular formula is C27H29N5O3S. The highest BCUT2D eigenvalue weighted by Crippen LogP contribution is 2.40. The van der Waals surface area contributed by atoms with Crippen molar-refractivity contribution in [3.63, 3.8) is 0 Å². The molecule has 2 aliphatic heterocycles. The average molecular weight is 504 g/mol. The molecule has 9 heteroatoms. The number of aromatic amines is 1. The van der Waals surface area contributed by atoms with E-state index in [2.05, 4.69) is 21.3 Å². The number of pyridine rings is 1. The maximum atomic E-state index is 14.0. The number of fused-ring (bicyclic) bond motifs is 4. The summed E-state index contributed by atoms with van der Waals surface area (Å²) in [5, 5.41) is 14.0. The van der Waals surface area contributed by atoms with Crippen LogP contribution in [0.5, 0.6) is 0 Å². The van der Waals surface area contributed by atoms with Crippen LogP contribution in [0.3, 0.4) is 0 Å². The number of nitrogens with zero attached hydrogens (tertiary/aromatic N) is 3. The summed E-state index contributed by atoms with van der Waals surface area (Å²) in [7, 11) is -3.96. The van der Waals surface area contributed by atoms with Crippen molar-refractivity contribution in [2.24, 2.45) is 5.92 Å². The van der Waals surface area contributed by atoms with Crippen molar-refractivity contribution in [2.45, 2.75) is 43.5 Å². The number of aromatic nitrogens is 1. The first kappa shape index (κ1) is 23.1. The van der Waals surface area contributed by atoms with Crippen LogP contribution < -0.4 is 15.2 Å². The number of likely N-dealkylation sites (tertiary alicyclic amines) is 1. The third-order valence-electron chi connectivity index (χ3n) is 8.08. The fraction of sp³-hybridized carbons (Fsp3) is 0.407. The van der Waals surface area contributed by atoms with Gasteiger partial charge in [0.2, 0.25) is 0 Å². The van der Waals surface area contributed by atoms with Crippen LogP contribution in [0, 0.1) is 24.2 Å². The molecule has 2 fully saturated rings. The lowest BCUT2D eigenvalue weighted by atomic mass is 10.1. The molecule has 3 aromatic rings. The molecule has 8 nitrogen and oxygen atoms in total. The zero-order chi connectivity index (χ0) is 25.0. The second kappa shape index (κ2) is 8.64. The van der Waals surface area contributed by atoms with E-state index in [0.717, 1.165) is 30.3 Å². The predicted octanol–water partition coefficient (Wildman–Crippen LogP) is 3.36. The number of piperidine rings is 1. The van der Waals surface area contributed by atoms with E-state index in [1.54, 1.807) is 37.4 Å². The maximum absolute atomic E-state index is 14.0. The largest absolute Gasteiger partial charge is 0.383 e. The van der Waals surface area contributed by atoms with Crippen LogP contribution in [0.4, 0.5) is 11.4 Å². The Kier molecular flexibility index (Phi) is 5.54. The van der Waals surface area contributed by atoms with Crippen molar-refractivity contribution in [3.05, 3.63) is 63.6 Å². The van der Waals surface area contributed by atoms with Crippen LogP contribution in [0.1, 0.15) is 36.0 Å². The molecule has 3 aliphatic rings. The first-order valence-corrected chi connectivity index (χ1v) is 14.0. The topological polar surface area (TPSA) is 109 Å². The van der Waals surface area contributed by atoms with E-state index in [-0.39, 0.29) is 17.0 Å². The first-order chi connectivity index (χ1) is 17.4. The van der Waals surface area contributed by atoms with Gasteiger partial charge in [-0.15, -0.1) is 0 Å². The minimum absolute atomic E-state index is 0.109. The van der Waals surface area contributed by atoms with E-state index >= 15 is 0 Å². The molecule has 1 saturated carbocycles. The normalized spacial score (nSPS) is 21.2. The fourth-order valence-electron chi connectivity index (χ4n) is 6.37. The summed E-state index contributed by atoms with van der Waals surface area (Å²) >= 11 is 0. The van der Waals surface area contributed by atoms with E-state index < -0.39 is 10.0 Å². The van der Waals surface area contributed by atoms with E-state index in [0.29, 0.717) is 40.0 Å². The third kappa shape index (κ3) is 3.67. The van der Waals surface area contributed by atoms with Crippen LogP contribution in [-0.4, -0.2) is 50.5 Å². The van der Waals surface area contributed by atoms with E-state index in [1.807, 2.05) is 6.07 Å². The second-order valence-corrected chi connectivity index (χ2v) is 12.0. The van der Waals surface area contributed by atoms with Gasteiger partial charge in [0.15, 0.2) is 0 Å². The van der Waals surface area contributed by atoms with Gasteiger partial charge < -0.3 is 10.3 Å². The van der Waals surface area contributed by atoms with Crippen molar-refractivity contribution < 1.29 is 8.42 Å². The Bertz CT molecular complexity index is 1570. The number of rotatable bonds is 6. The second-order valence-electron chi connectivity index (χ2n) is 10.2. The van der Waals surface area contributed by atoms with Gasteiger partial charge in [-0.05, 0) is 68.4 Å². The molecule has 1 aromatic heterocycles. The summed E-state index contributed by atoms with van der Waals surface area (Å²) in [6.45, 7) is 4.94. The molecule has 0 unspecified atom stereocenters. The molecule has 36 heavy (non-hydrogen) atoms. The number of nitriles is 1. The number of H-pyrrole nitrogens is 1.